The fourth-order valence-electron chi connectivity index (χ4n) is 7.07. The minimum atomic E-state index is 0.212. The number of fused-ring (bicyclic) bond motifs is 6. The number of hydrogen-bond donors (Lipinski definition) is 1. The van der Waals surface area contributed by atoms with Gasteiger partial charge in [0.1, 0.15) is 0 Å². The van der Waals surface area contributed by atoms with Gasteiger partial charge in [0.2, 0.25) is 0 Å². The second kappa shape index (κ2) is 6.85. The molecule has 158 valence electrons. The highest BCUT2D eigenvalue weighted by atomic mass is 16.5. The summed E-state index contributed by atoms with van der Waals surface area (Å²) in [4.78, 5) is 4.59. The molecule has 4 atom stereocenters. The average molecular weight is 412 g/mol. The third kappa shape index (κ3) is 2.68. The van der Waals surface area contributed by atoms with E-state index in [4.69, 9.17) is 4.74 Å². The maximum atomic E-state index is 10.3. The molecule has 31 heavy (non-hydrogen) atoms. The van der Waals surface area contributed by atoms with Crippen molar-refractivity contribution >= 4 is 16.5 Å². The van der Waals surface area contributed by atoms with Gasteiger partial charge in [-0.15, -0.1) is 0 Å². The van der Waals surface area contributed by atoms with E-state index in [0.29, 0.717) is 23.5 Å². The molecule has 3 aliphatic rings. The van der Waals surface area contributed by atoms with Gasteiger partial charge in [-0.25, -0.2) is 0 Å². The molecule has 0 amide bonds. The number of methoxy groups -OCH3 is 1. The van der Waals surface area contributed by atoms with Crippen molar-refractivity contribution in [1.82, 2.24) is 4.98 Å². The minimum Gasteiger partial charge on any atom is -0.504 e. The monoisotopic (exact) mass is 411 g/mol. The highest BCUT2D eigenvalue weighted by molar-refractivity contribution is 5.93. The van der Waals surface area contributed by atoms with Crippen LogP contribution in [0.5, 0.6) is 11.5 Å². The Balaban J connectivity index is 1.38. The van der Waals surface area contributed by atoms with E-state index in [1.807, 2.05) is 12.3 Å². The number of allylic oxidation sites excluding steroid dienone is 2. The molecule has 0 bridgehead atoms. The molecule has 3 aliphatic carbocycles. The molecule has 1 saturated carbocycles. The van der Waals surface area contributed by atoms with Gasteiger partial charge in [0.05, 0.1) is 12.6 Å². The summed E-state index contributed by atoms with van der Waals surface area (Å²) in [5, 5.41) is 11.5. The van der Waals surface area contributed by atoms with E-state index in [1.165, 1.54) is 46.9 Å². The Morgan fingerprint density at radius 1 is 1.13 bits per heavy atom. The Morgan fingerprint density at radius 2 is 2.03 bits per heavy atom. The third-order valence-corrected chi connectivity index (χ3v) is 8.54. The average Bonchev–Trinajstić information content (AvgIpc) is 3.15. The van der Waals surface area contributed by atoms with Crippen LogP contribution in [0.4, 0.5) is 0 Å². The van der Waals surface area contributed by atoms with E-state index in [1.54, 1.807) is 7.11 Å². The summed E-state index contributed by atoms with van der Waals surface area (Å²) in [6.45, 7) is 2.51. The number of nitrogens with zero attached hydrogens (tertiary/aromatic N) is 1. The smallest absolute Gasteiger partial charge is 0.160 e. The first-order valence-electron chi connectivity index (χ1n) is 11.5. The number of phenols is 1. The maximum absolute atomic E-state index is 10.3. The normalized spacial score (nSPS) is 29.1. The topological polar surface area (TPSA) is 42.4 Å². The zero-order valence-corrected chi connectivity index (χ0v) is 18.3. The molecule has 0 spiro atoms. The molecule has 1 fully saturated rings. The maximum Gasteiger partial charge on any atom is 0.160 e. The molecule has 1 aromatic heterocycles. The summed E-state index contributed by atoms with van der Waals surface area (Å²) in [5.41, 5.74) is 6.93. The number of phenolic OH excluding ortho intramolecular Hbond substituents is 1. The summed E-state index contributed by atoms with van der Waals surface area (Å²) in [6, 6.07) is 14.9. The quantitative estimate of drug-likeness (QED) is 0.523. The van der Waals surface area contributed by atoms with Crippen LogP contribution in [0.15, 0.2) is 54.7 Å². The van der Waals surface area contributed by atoms with Crippen LogP contribution in [-0.2, 0) is 6.42 Å². The zero-order chi connectivity index (χ0) is 21.2. The van der Waals surface area contributed by atoms with Crippen molar-refractivity contribution in [3.63, 3.8) is 0 Å². The molecule has 0 saturated heterocycles. The predicted molar refractivity (Wildman–Crippen MR) is 124 cm³/mol. The van der Waals surface area contributed by atoms with Crippen LogP contribution >= 0.6 is 0 Å². The summed E-state index contributed by atoms with van der Waals surface area (Å²) in [5.74, 6) is 2.80. The highest BCUT2D eigenvalue weighted by Gasteiger charge is 2.52. The summed E-state index contributed by atoms with van der Waals surface area (Å²) in [6.07, 6.45) is 10.2. The Kier molecular flexibility index (Phi) is 4.18. The summed E-state index contributed by atoms with van der Waals surface area (Å²) in [7, 11) is 1.64. The molecule has 3 aromatic rings. The number of ether oxygens (including phenoxy) is 1. The van der Waals surface area contributed by atoms with Crippen LogP contribution in [0.3, 0.4) is 0 Å². The summed E-state index contributed by atoms with van der Waals surface area (Å²) >= 11 is 0. The first-order valence-corrected chi connectivity index (χ1v) is 11.5. The van der Waals surface area contributed by atoms with E-state index in [-0.39, 0.29) is 11.2 Å². The van der Waals surface area contributed by atoms with Crippen LogP contribution in [0.25, 0.3) is 16.5 Å². The van der Waals surface area contributed by atoms with Crippen LogP contribution in [-0.4, -0.2) is 17.2 Å². The number of aromatic hydroxyl groups is 1. The van der Waals surface area contributed by atoms with Crippen molar-refractivity contribution in [2.45, 2.75) is 44.9 Å². The lowest BCUT2D eigenvalue weighted by Crippen LogP contribution is -2.40. The molecule has 1 N–H and O–H groups in total. The SMILES string of the molecule is COc1cc2c(cc1O)CC[C@@H]1[C@@H]2CC[C@]2(C)C(c3cccc4ncccc34)=CC[C@@H]12. The molecule has 6 rings (SSSR count). The van der Waals surface area contributed by atoms with Crippen molar-refractivity contribution in [3.05, 3.63) is 71.4 Å². The molecular formula is C28H29NO2. The van der Waals surface area contributed by atoms with Gasteiger partial charge < -0.3 is 9.84 Å². The van der Waals surface area contributed by atoms with Gasteiger partial charge in [-0.05, 0) is 102 Å². The number of aromatic nitrogens is 1. The first-order chi connectivity index (χ1) is 15.1. The van der Waals surface area contributed by atoms with Gasteiger partial charge in [-0.3, -0.25) is 4.98 Å². The summed E-state index contributed by atoms with van der Waals surface area (Å²) < 4.78 is 5.45. The molecule has 0 aliphatic heterocycles. The van der Waals surface area contributed by atoms with E-state index in [0.717, 1.165) is 18.4 Å². The second-order valence-corrected chi connectivity index (χ2v) is 9.82. The Morgan fingerprint density at radius 3 is 2.90 bits per heavy atom. The molecule has 3 heteroatoms. The van der Waals surface area contributed by atoms with Crippen LogP contribution in [0.2, 0.25) is 0 Å². The number of pyridine rings is 1. The lowest BCUT2D eigenvalue weighted by molar-refractivity contribution is 0.0884. The van der Waals surface area contributed by atoms with Gasteiger partial charge in [0, 0.05) is 11.6 Å². The number of rotatable bonds is 2. The number of hydrogen-bond acceptors (Lipinski definition) is 3. The zero-order valence-electron chi connectivity index (χ0n) is 18.3. The van der Waals surface area contributed by atoms with E-state index in [9.17, 15) is 5.11 Å². The highest BCUT2D eigenvalue weighted by Crippen LogP contribution is 2.63. The lowest BCUT2D eigenvalue weighted by Gasteiger charge is -2.50. The number of aryl methyl sites for hydroxylation is 1. The lowest BCUT2D eigenvalue weighted by atomic mass is 9.54. The van der Waals surface area contributed by atoms with Gasteiger partial charge in [-0.1, -0.05) is 31.2 Å². The largest absolute Gasteiger partial charge is 0.504 e. The fourth-order valence-corrected chi connectivity index (χ4v) is 7.07. The van der Waals surface area contributed by atoms with Gasteiger partial charge >= 0.3 is 0 Å². The van der Waals surface area contributed by atoms with E-state index >= 15 is 0 Å². The van der Waals surface area contributed by atoms with Gasteiger partial charge in [0.25, 0.3) is 0 Å². The minimum absolute atomic E-state index is 0.212. The second-order valence-electron chi connectivity index (χ2n) is 9.82. The fraction of sp³-hybridized carbons (Fsp3) is 0.393. The Hall–Kier alpha value is -2.81. The first kappa shape index (κ1) is 18.9. The molecule has 0 unspecified atom stereocenters. The van der Waals surface area contributed by atoms with Crippen molar-refractivity contribution < 1.29 is 9.84 Å². The Bertz CT molecular complexity index is 1210. The van der Waals surface area contributed by atoms with Crippen LogP contribution < -0.4 is 4.74 Å². The molecular weight excluding hydrogens is 382 g/mol. The molecule has 3 nitrogen and oxygen atoms in total. The van der Waals surface area contributed by atoms with Crippen molar-refractivity contribution in [2.75, 3.05) is 7.11 Å². The van der Waals surface area contributed by atoms with E-state index < -0.39 is 0 Å². The molecule has 0 radical (unpaired) electrons. The number of benzene rings is 2. The van der Waals surface area contributed by atoms with Crippen molar-refractivity contribution in [2.24, 2.45) is 17.3 Å². The van der Waals surface area contributed by atoms with Gasteiger partial charge in [0.15, 0.2) is 11.5 Å². The van der Waals surface area contributed by atoms with E-state index in [2.05, 4.69) is 54.4 Å². The van der Waals surface area contributed by atoms with Crippen LogP contribution in [0, 0.1) is 17.3 Å². The van der Waals surface area contributed by atoms with Crippen molar-refractivity contribution in [3.8, 4) is 11.5 Å². The molecule has 2 aromatic carbocycles. The predicted octanol–water partition coefficient (Wildman–Crippen LogP) is 6.50. The molecule has 1 heterocycles. The third-order valence-electron chi connectivity index (χ3n) is 8.54. The standard InChI is InChI=1S/C28H29NO2/c1-28-13-12-18-20(9-8-17-15-26(30)27(31-2)16-22(17)18)24(28)11-10-23(28)19-5-3-7-25-21(19)6-4-14-29-25/h3-7,10,14-16,18,20,24,30H,8-9,11-13H2,1-2H3/t18-,20+,24-,28+/m0/s1. The van der Waals surface area contributed by atoms with Crippen molar-refractivity contribution in [1.29, 1.82) is 0 Å². The Labute approximate surface area is 183 Å². The van der Waals surface area contributed by atoms with Crippen LogP contribution in [0.1, 0.15) is 55.2 Å². The van der Waals surface area contributed by atoms with Gasteiger partial charge in [-0.2, -0.15) is 0 Å².